The maximum atomic E-state index is 12.9. The smallest absolute Gasteiger partial charge is 0.325 e. The van der Waals surface area contributed by atoms with E-state index in [4.69, 9.17) is 0 Å². The molecule has 0 aliphatic carbocycles. The number of rotatable bonds is 4. The van der Waals surface area contributed by atoms with Crippen molar-refractivity contribution in [3.8, 4) is 11.4 Å². The second-order valence-corrected chi connectivity index (χ2v) is 6.95. The van der Waals surface area contributed by atoms with E-state index in [0.29, 0.717) is 5.82 Å². The van der Waals surface area contributed by atoms with Gasteiger partial charge in [0.05, 0.1) is 16.6 Å². The molecule has 7 heteroatoms. The van der Waals surface area contributed by atoms with Gasteiger partial charge in [0.25, 0.3) is 0 Å². The normalized spacial score (nSPS) is 11.6. The molecule has 0 bridgehead atoms. The van der Waals surface area contributed by atoms with Gasteiger partial charge >= 0.3 is 6.18 Å². The minimum absolute atomic E-state index is 0.0829. The largest absolute Gasteiger partial charge is 0.416 e. The number of anilines is 1. The Labute approximate surface area is 171 Å². The minimum Gasteiger partial charge on any atom is -0.325 e. The molecule has 1 amide bonds. The Morgan fingerprint density at radius 1 is 1.00 bits per heavy atom. The van der Waals surface area contributed by atoms with E-state index in [1.807, 2.05) is 55.5 Å². The molecule has 152 valence electrons. The molecule has 3 aromatic carbocycles. The first-order valence-corrected chi connectivity index (χ1v) is 9.31. The fourth-order valence-corrected chi connectivity index (χ4v) is 3.38. The average molecular weight is 409 g/mol. The van der Waals surface area contributed by atoms with E-state index < -0.39 is 17.6 Å². The van der Waals surface area contributed by atoms with Gasteiger partial charge in [0.15, 0.2) is 0 Å². The molecule has 0 aliphatic heterocycles. The van der Waals surface area contributed by atoms with E-state index in [1.54, 1.807) is 4.57 Å². The number of carbonyl (C=O) groups excluding carboxylic acids is 1. The van der Waals surface area contributed by atoms with Crippen LogP contribution in [0.25, 0.3) is 22.4 Å². The number of carbonyl (C=O) groups is 1. The Bertz CT molecular complexity index is 1230. The van der Waals surface area contributed by atoms with Crippen molar-refractivity contribution in [1.29, 1.82) is 0 Å². The Morgan fingerprint density at radius 2 is 1.73 bits per heavy atom. The summed E-state index contributed by atoms with van der Waals surface area (Å²) in [5.41, 5.74) is 2.69. The lowest BCUT2D eigenvalue weighted by molar-refractivity contribution is -0.137. The maximum absolute atomic E-state index is 12.9. The lowest BCUT2D eigenvalue weighted by Crippen LogP contribution is -2.19. The Balaban J connectivity index is 1.68. The number of nitrogens with one attached hydrogen (secondary N) is 1. The van der Waals surface area contributed by atoms with Crippen molar-refractivity contribution in [2.75, 3.05) is 5.32 Å². The third kappa shape index (κ3) is 3.91. The zero-order valence-corrected chi connectivity index (χ0v) is 16.1. The van der Waals surface area contributed by atoms with Crippen molar-refractivity contribution in [1.82, 2.24) is 9.55 Å². The molecule has 30 heavy (non-hydrogen) atoms. The van der Waals surface area contributed by atoms with Crippen LogP contribution in [0, 0.1) is 6.92 Å². The average Bonchev–Trinajstić information content (AvgIpc) is 3.06. The molecule has 1 aromatic heterocycles. The monoisotopic (exact) mass is 409 g/mol. The predicted octanol–water partition coefficient (Wildman–Crippen LogP) is 5.67. The number of imidazole rings is 1. The number of aryl methyl sites for hydroxylation is 1. The molecule has 0 fully saturated rings. The molecular weight excluding hydrogens is 391 g/mol. The van der Waals surface area contributed by atoms with Crippen molar-refractivity contribution in [3.63, 3.8) is 0 Å². The molecule has 0 atom stereocenters. The number of aromatic nitrogens is 2. The fourth-order valence-electron chi connectivity index (χ4n) is 3.38. The van der Waals surface area contributed by atoms with Crippen LogP contribution in [0.15, 0.2) is 72.8 Å². The van der Waals surface area contributed by atoms with Gasteiger partial charge in [0, 0.05) is 11.3 Å². The molecule has 0 unspecified atom stereocenters. The maximum Gasteiger partial charge on any atom is 0.416 e. The third-order valence-electron chi connectivity index (χ3n) is 4.82. The summed E-state index contributed by atoms with van der Waals surface area (Å²) in [5, 5.41) is 2.56. The lowest BCUT2D eigenvalue weighted by Gasteiger charge is -2.13. The van der Waals surface area contributed by atoms with E-state index in [0.717, 1.165) is 34.3 Å². The van der Waals surface area contributed by atoms with Crippen LogP contribution in [0.1, 0.15) is 11.1 Å². The molecule has 1 N–H and O–H groups in total. The highest BCUT2D eigenvalue weighted by molar-refractivity contribution is 5.92. The second-order valence-electron chi connectivity index (χ2n) is 6.95. The number of para-hydroxylation sites is 2. The highest BCUT2D eigenvalue weighted by Crippen LogP contribution is 2.31. The number of hydrogen-bond acceptors (Lipinski definition) is 2. The summed E-state index contributed by atoms with van der Waals surface area (Å²) in [5.74, 6) is 0.195. The van der Waals surface area contributed by atoms with E-state index in [2.05, 4.69) is 10.3 Å². The standard InChI is InChI=1S/C23H18F3N3O/c1-15-7-2-3-10-18(15)22-28-19-11-4-5-12-20(19)29(22)14-21(30)27-17-9-6-8-16(13-17)23(24,25)26/h2-13H,14H2,1H3,(H,27,30). The zero-order valence-electron chi connectivity index (χ0n) is 16.1. The molecule has 0 saturated heterocycles. The highest BCUT2D eigenvalue weighted by Gasteiger charge is 2.30. The summed E-state index contributed by atoms with van der Waals surface area (Å²) in [7, 11) is 0. The van der Waals surface area contributed by atoms with Crippen LogP contribution in [-0.2, 0) is 17.5 Å². The zero-order chi connectivity index (χ0) is 21.3. The van der Waals surface area contributed by atoms with Gasteiger partial charge in [-0.1, -0.05) is 42.5 Å². The van der Waals surface area contributed by atoms with Crippen molar-refractivity contribution < 1.29 is 18.0 Å². The first-order chi connectivity index (χ1) is 14.3. The summed E-state index contributed by atoms with van der Waals surface area (Å²) in [6, 6.07) is 19.7. The van der Waals surface area contributed by atoms with Crippen molar-refractivity contribution in [2.45, 2.75) is 19.6 Å². The van der Waals surface area contributed by atoms with E-state index >= 15 is 0 Å². The molecule has 4 aromatic rings. The van der Waals surface area contributed by atoms with Crippen LogP contribution in [0.4, 0.5) is 18.9 Å². The van der Waals surface area contributed by atoms with Crippen LogP contribution in [0.2, 0.25) is 0 Å². The number of halogens is 3. The van der Waals surface area contributed by atoms with Gasteiger partial charge in [-0.2, -0.15) is 13.2 Å². The Morgan fingerprint density at radius 3 is 2.50 bits per heavy atom. The summed E-state index contributed by atoms with van der Waals surface area (Å²) < 4.78 is 40.6. The summed E-state index contributed by atoms with van der Waals surface area (Å²) in [6.45, 7) is 1.88. The molecule has 4 rings (SSSR count). The van der Waals surface area contributed by atoms with Gasteiger partial charge < -0.3 is 9.88 Å². The van der Waals surface area contributed by atoms with Crippen LogP contribution in [0.3, 0.4) is 0 Å². The first kappa shape index (κ1) is 19.7. The molecular formula is C23H18F3N3O. The Hall–Kier alpha value is -3.61. The number of amides is 1. The topological polar surface area (TPSA) is 46.9 Å². The second kappa shape index (κ2) is 7.67. The van der Waals surface area contributed by atoms with Gasteiger partial charge in [0.2, 0.25) is 5.91 Å². The summed E-state index contributed by atoms with van der Waals surface area (Å²) >= 11 is 0. The molecule has 4 nitrogen and oxygen atoms in total. The Kier molecular flexibility index (Phi) is 5.03. The summed E-state index contributed by atoms with van der Waals surface area (Å²) in [6.07, 6.45) is -4.47. The van der Waals surface area contributed by atoms with Crippen LogP contribution < -0.4 is 5.32 Å². The predicted molar refractivity (Wildman–Crippen MR) is 110 cm³/mol. The van der Waals surface area contributed by atoms with Gasteiger partial charge in [-0.25, -0.2) is 4.98 Å². The van der Waals surface area contributed by atoms with Crippen LogP contribution in [-0.4, -0.2) is 15.5 Å². The lowest BCUT2D eigenvalue weighted by atomic mass is 10.1. The van der Waals surface area contributed by atoms with E-state index in [9.17, 15) is 18.0 Å². The van der Waals surface area contributed by atoms with E-state index in [-0.39, 0.29) is 12.2 Å². The van der Waals surface area contributed by atoms with Gasteiger partial charge in [-0.15, -0.1) is 0 Å². The fraction of sp³-hybridized carbons (Fsp3) is 0.130. The molecule has 0 aliphatic rings. The van der Waals surface area contributed by atoms with Crippen LogP contribution >= 0.6 is 0 Å². The summed E-state index contributed by atoms with van der Waals surface area (Å²) in [4.78, 5) is 17.4. The van der Waals surface area contributed by atoms with Gasteiger partial charge in [0.1, 0.15) is 12.4 Å². The molecule has 1 heterocycles. The SMILES string of the molecule is Cc1ccccc1-c1nc2ccccc2n1CC(=O)Nc1cccc(C(F)(F)F)c1. The number of alkyl halides is 3. The van der Waals surface area contributed by atoms with Crippen LogP contribution in [0.5, 0.6) is 0 Å². The van der Waals surface area contributed by atoms with Crippen molar-refractivity contribution in [2.24, 2.45) is 0 Å². The first-order valence-electron chi connectivity index (χ1n) is 9.31. The minimum atomic E-state index is -4.47. The van der Waals surface area contributed by atoms with Crippen molar-refractivity contribution in [3.05, 3.63) is 83.9 Å². The quantitative estimate of drug-likeness (QED) is 0.472. The third-order valence-corrected chi connectivity index (χ3v) is 4.82. The van der Waals surface area contributed by atoms with E-state index in [1.165, 1.54) is 12.1 Å². The highest BCUT2D eigenvalue weighted by atomic mass is 19.4. The van der Waals surface area contributed by atoms with Crippen molar-refractivity contribution >= 4 is 22.6 Å². The van der Waals surface area contributed by atoms with Gasteiger partial charge in [-0.05, 0) is 42.8 Å². The number of fused-ring (bicyclic) bond motifs is 1. The number of hydrogen-bond donors (Lipinski definition) is 1. The number of nitrogens with zero attached hydrogens (tertiary/aromatic N) is 2. The molecule has 0 saturated carbocycles. The molecule has 0 spiro atoms. The van der Waals surface area contributed by atoms with Gasteiger partial charge in [-0.3, -0.25) is 4.79 Å². The number of benzene rings is 3. The molecule has 0 radical (unpaired) electrons.